The van der Waals surface area contributed by atoms with Crippen molar-refractivity contribution in [2.75, 3.05) is 12.4 Å². The quantitative estimate of drug-likeness (QED) is 0.507. The molecule has 2 unspecified atom stereocenters. The van der Waals surface area contributed by atoms with Crippen LogP contribution in [-0.2, 0) is 17.4 Å². The molecular weight excluding hydrogens is 453 g/mol. The summed E-state index contributed by atoms with van der Waals surface area (Å²) in [5.41, 5.74) is -1.21. The Balaban J connectivity index is 1.46. The number of carbonyl (C=O) groups excluding carboxylic acids is 1. The Morgan fingerprint density at radius 3 is 2.36 bits per heavy atom. The van der Waals surface area contributed by atoms with E-state index < -0.39 is 35.0 Å². The van der Waals surface area contributed by atoms with Crippen LogP contribution in [0, 0.1) is 24.2 Å². The zero-order chi connectivity index (χ0) is 23.8. The van der Waals surface area contributed by atoms with E-state index in [2.05, 4.69) is 10.3 Å². The number of hydrogen-bond donors (Lipinski definition) is 2. The number of rotatable bonds is 9. The maximum absolute atomic E-state index is 13.0. The van der Waals surface area contributed by atoms with E-state index in [0.29, 0.717) is 11.8 Å². The number of nitrogens with one attached hydrogen (secondary N) is 1. The van der Waals surface area contributed by atoms with Crippen LogP contribution in [0.4, 0.5) is 13.2 Å². The Morgan fingerprint density at radius 1 is 1.21 bits per heavy atom. The summed E-state index contributed by atoms with van der Waals surface area (Å²) in [6.45, 7) is 1.15. The van der Waals surface area contributed by atoms with Crippen LogP contribution < -0.4 is 5.32 Å². The summed E-state index contributed by atoms with van der Waals surface area (Å²) in [6.07, 6.45) is 4.21. The second-order valence-electron chi connectivity index (χ2n) is 10.2. The summed E-state index contributed by atoms with van der Waals surface area (Å²) in [4.78, 5) is 16.6. The van der Waals surface area contributed by atoms with Crippen molar-refractivity contribution in [2.24, 2.45) is 17.3 Å². The number of halogens is 3. The number of aliphatic hydroxyl groups excluding tert-OH is 1. The van der Waals surface area contributed by atoms with Gasteiger partial charge in [0.1, 0.15) is 16.7 Å². The first kappa shape index (κ1) is 24.8. The zero-order valence-corrected chi connectivity index (χ0v) is 19.8. The number of aryl methyl sites for hydroxylation is 1. The van der Waals surface area contributed by atoms with Gasteiger partial charge in [0.15, 0.2) is 0 Å². The SMILES string of the molecule is Cc1nc(C(F)(F)F)ccc1C(=O)NC(CO)[C@]1(CC2CC2)CC[C@H]([S+]([O-])CC2CC2)CC1. The van der Waals surface area contributed by atoms with Crippen molar-refractivity contribution in [3.05, 3.63) is 29.1 Å². The van der Waals surface area contributed by atoms with E-state index in [1.807, 2.05) is 0 Å². The maximum atomic E-state index is 13.0. The summed E-state index contributed by atoms with van der Waals surface area (Å²) in [5, 5.41) is 13.4. The number of nitrogens with zero attached hydrogens (tertiary/aromatic N) is 1. The van der Waals surface area contributed by atoms with Crippen LogP contribution >= 0.6 is 0 Å². The van der Waals surface area contributed by atoms with Gasteiger partial charge in [0, 0.05) is 5.92 Å². The molecule has 1 amide bonds. The van der Waals surface area contributed by atoms with E-state index >= 15 is 0 Å². The molecule has 1 heterocycles. The molecule has 33 heavy (non-hydrogen) atoms. The van der Waals surface area contributed by atoms with Crippen LogP contribution in [0.5, 0.6) is 0 Å². The van der Waals surface area contributed by atoms with Gasteiger partial charge in [-0.2, -0.15) is 13.2 Å². The first-order chi connectivity index (χ1) is 15.6. The van der Waals surface area contributed by atoms with Crippen molar-refractivity contribution < 1.29 is 27.6 Å². The maximum Gasteiger partial charge on any atom is 0.433 e. The number of hydrogen-bond acceptors (Lipinski definition) is 4. The van der Waals surface area contributed by atoms with Gasteiger partial charge in [0.2, 0.25) is 0 Å². The molecule has 1 aromatic heterocycles. The normalized spacial score (nSPS) is 27.8. The first-order valence-corrected chi connectivity index (χ1v) is 13.3. The van der Waals surface area contributed by atoms with E-state index in [9.17, 15) is 27.6 Å². The molecule has 0 radical (unpaired) electrons. The van der Waals surface area contributed by atoms with E-state index in [-0.39, 0.29) is 28.5 Å². The van der Waals surface area contributed by atoms with Crippen molar-refractivity contribution in [3.63, 3.8) is 0 Å². The number of aliphatic hydroxyl groups is 1. The lowest BCUT2D eigenvalue weighted by atomic mass is 9.66. The van der Waals surface area contributed by atoms with E-state index in [1.54, 1.807) is 0 Å². The third-order valence-corrected chi connectivity index (χ3v) is 9.65. The summed E-state index contributed by atoms with van der Waals surface area (Å²) in [5.74, 6) is 1.48. The molecule has 3 saturated carbocycles. The second kappa shape index (κ2) is 9.74. The van der Waals surface area contributed by atoms with Crippen molar-refractivity contribution in [2.45, 2.75) is 82.2 Å². The highest BCUT2D eigenvalue weighted by Crippen LogP contribution is 2.51. The fourth-order valence-corrected chi connectivity index (χ4v) is 7.09. The minimum Gasteiger partial charge on any atom is -0.616 e. The molecule has 3 aliphatic carbocycles. The van der Waals surface area contributed by atoms with Crippen LogP contribution in [0.3, 0.4) is 0 Å². The average molecular weight is 487 g/mol. The Kier molecular flexibility index (Phi) is 7.32. The summed E-state index contributed by atoms with van der Waals surface area (Å²) in [7, 11) is 0. The van der Waals surface area contributed by atoms with Crippen LogP contribution in [0.25, 0.3) is 0 Å². The smallest absolute Gasteiger partial charge is 0.433 e. The summed E-state index contributed by atoms with van der Waals surface area (Å²) >= 11 is -0.823. The molecule has 0 spiro atoms. The van der Waals surface area contributed by atoms with E-state index in [1.165, 1.54) is 19.8 Å². The molecule has 184 valence electrons. The van der Waals surface area contributed by atoms with Gasteiger partial charge in [-0.15, -0.1) is 0 Å². The Bertz CT molecular complexity index is 850. The van der Waals surface area contributed by atoms with Crippen LogP contribution in [0.15, 0.2) is 12.1 Å². The number of carbonyl (C=O) groups is 1. The largest absolute Gasteiger partial charge is 0.616 e. The van der Waals surface area contributed by atoms with Gasteiger partial charge >= 0.3 is 6.18 Å². The third kappa shape index (κ3) is 6.03. The molecule has 3 aliphatic rings. The average Bonchev–Trinajstić information content (AvgIpc) is 3.69. The van der Waals surface area contributed by atoms with Gasteiger partial charge in [-0.3, -0.25) is 4.79 Å². The fourth-order valence-electron chi connectivity index (χ4n) is 5.26. The van der Waals surface area contributed by atoms with Crippen molar-refractivity contribution in [1.29, 1.82) is 0 Å². The zero-order valence-electron chi connectivity index (χ0n) is 19.0. The van der Waals surface area contributed by atoms with E-state index in [4.69, 9.17) is 0 Å². The molecule has 9 heteroatoms. The van der Waals surface area contributed by atoms with Gasteiger partial charge in [-0.05, 0) is 75.3 Å². The van der Waals surface area contributed by atoms with Gasteiger partial charge in [0.25, 0.3) is 5.91 Å². The predicted molar refractivity (Wildman–Crippen MR) is 120 cm³/mol. The monoisotopic (exact) mass is 486 g/mol. The van der Waals surface area contributed by atoms with Crippen LogP contribution in [-0.4, -0.2) is 44.2 Å². The molecule has 1 aromatic rings. The first-order valence-electron chi connectivity index (χ1n) is 11.9. The van der Waals surface area contributed by atoms with Crippen molar-refractivity contribution in [3.8, 4) is 0 Å². The lowest BCUT2D eigenvalue weighted by Crippen LogP contribution is -2.53. The lowest BCUT2D eigenvalue weighted by Gasteiger charge is -2.45. The Hall–Kier alpha value is -1.32. The molecular formula is C24H33F3N2O3S. The van der Waals surface area contributed by atoms with Gasteiger partial charge in [0.05, 0.1) is 23.9 Å². The topological polar surface area (TPSA) is 85.3 Å². The molecule has 4 rings (SSSR count). The third-order valence-electron chi connectivity index (χ3n) is 7.64. The minimum absolute atomic E-state index is 0.00874. The van der Waals surface area contributed by atoms with Crippen LogP contribution in [0.2, 0.25) is 0 Å². The van der Waals surface area contributed by atoms with E-state index in [0.717, 1.165) is 62.8 Å². The highest BCUT2D eigenvalue weighted by Gasteiger charge is 2.48. The Labute approximate surface area is 196 Å². The summed E-state index contributed by atoms with van der Waals surface area (Å²) in [6, 6.07) is 1.47. The number of alkyl halides is 3. The molecule has 3 fully saturated rings. The highest BCUT2D eigenvalue weighted by molar-refractivity contribution is 7.92. The highest BCUT2D eigenvalue weighted by atomic mass is 32.2. The van der Waals surface area contributed by atoms with Gasteiger partial charge in [-0.1, -0.05) is 24.0 Å². The van der Waals surface area contributed by atoms with Gasteiger partial charge in [-0.25, -0.2) is 4.98 Å². The number of pyridine rings is 1. The van der Waals surface area contributed by atoms with Crippen molar-refractivity contribution >= 4 is 17.1 Å². The fraction of sp³-hybridized carbons (Fsp3) is 0.750. The Morgan fingerprint density at radius 2 is 1.85 bits per heavy atom. The molecule has 0 aromatic carbocycles. The summed E-state index contributed by atoms with van der Waals surface area (Å²) < 4.78 is 51.5. The second-order valence-corrected chi connectivity index (χ2v) is 12.0. The lowest BCUT2D eigenvalue weighted by molar-refractivity contribution is -0.141. The standard InChI is InChI=1S/C24H33F3N2O3S/c1-15-19(6-7-20(28-15)24(25,26)27)22(31)29-21(13-30)23(12-16-2-3-16)10-8-18(9-11-23)33(32)14-17-4-5-17/h6-7,16-18,21,30H,2-5,8-14H2,1H3,(H,29,31)/t18-,21?,23+,33?. The predicted octanol–water partition coefficient (Wildman–Crippen LogP) is 4.39. The molecule has 5 nitrogen and oxygen atoms in total. The molecule has 2 N–H and O–H groups in total. The van der Waals surface area contributed by atoms with Crippen LogP contribution in [0.1, 0.15) is 79.5 Å². The number of aromatic nitrogens is 1. The van der Waals surface area contributed by atoms with Gasteiger partial charge < -0.3 is 15.0 Å². The number of amides is 1. The molecule has 0 aliphatic heterocycles. The minimum atomic E-state index is -4.57. The molecule has 0 bridgehead atoms. The molecule has 0 saturated heterocycles. The van der Waals surface area contributed by atoms with Crippen molar-refractivity contribution in [1.82, 2.24) is 10.3 Å². The molecule has 2 atom stereocenters.